The van der Waals surface area contributed by atoms with Crippen LogP contribution >= 0.6 is 0 Å². The highest BCUT2D eigenvalue weighted by Gasteiger charge is 2.19. The van der Waals surface area contributed by atoms with E-state index in [1.54, 1.807) is 0 Å². The topological polar surface area (TPSA) is 38.0 Å². The van der Waals surface area contributed by atoms with Crippen molar-refractivity contribution >= 4 is 0 Å². The molecule has 1 aliphatic rings. The molecule has 1 saturated heterocycles. The number of aryl methyl sites for hydroxylation is 1. The van der Waals surface area contributed by atoms with Crippen LogP contribution in [0.2, 0.25) is 0 Å². The van der Waals surface area contributed by atoms with E-state index in [4.69, 9.17) is 5.73 Å². The van der Waals surface area contributed by atoms with Gasteiger partial charge in [0.2, 0.25) is 0 Å². The second-order valence-electron chi connectivity index (χ2n) is 4.56. The van der Waals surface area contributed by atoms with E-state index in [9.17, 15) is 0 Å². The largest absolute Gasteiger partial charge is 0.324 e. The summed E-state index contributed by atoms with van der Waals surface area (Å²) in [7, 11) is 0. The molecule has 2 rings (SSSR count). The average molecular weight is 204 g/mol. The Morgan fingerprint density at radius 2 is 2.27 bits per heavy atom. The SMILES string of the molecule is Cc1ccccc1C(N)CC1CCNC1. The molecule has 2 atom stereocenters. The molecule has 15 heavy (non-hydrogen) atoms. The van der Waals surface area contributed by atoms with Crippen molar-refractivity contribution in [3.05, 3.63) is 35.4 Å². The van der Waals surface area contributed by atoms with Crippen LogP contribution in [0.1, 0.15) is 30.0 Å². The maximum absolute atomic E-state index is 6.25. The molecule has 0 bridgehead atoms. The van der Waals surface area contributed by atoms with Crippen LogP contribution in [0.5, 0.6) is 0 Å². The van der Waals surface area contributed by atoms with Gasteiger partial charge in [0.1, 0.15) is 0 Å². The van der Waals surface area contributed by atoms with Crippen LogP contribution in [0, 0.1) is 12.8 Å². The fourth-order valence-corrected chi connectivity index (χ4v) is 2.40. The van der Waals surface area contributed by atoms with Gasteiger partial charge in [-0.1, -0.05) is 24.3 Å². The Hall–Kier alpha value is -0.860. The van der Waals surface area contributed by atoms with E-state index in [0.717, 1.165) is 25.4 Å². The van der Waals surface area contributed by atoms with Crippen LogP contribution in [0.15, 0.2) is 24.3 Å². The molecule has 2 nitrogen and oxygen atoms in total. The summed E-state index contributed by atoms with van der Waals surface area (Å²) >= 11 is 0. The Morgan fingerprint density at radius 1 is 1.47 bits per heavy atom. The number of hydrogen-bond donors (Lipinski definition) is 2. The second-order valence-corrected chi connectivity index (χ2v) is 4.56. The third-order valence-electron chi connectivity index (χ3n) is 3.34. The minimum atomic E-state index is 0.205. The third-order valence-corrected chi connectivity index (χ3v) is 3.34. The van der Waals surface area contributed by atoms with Crippen molar-refractivity contribution in [1.29, 1.82) is 0 Å². The Balaban J connectivity index is 2.00. The lowest BCUT2D eigenvalue weighted by Gasteiger charge is -2.18. The molecule has 0 radical (unpaired) electrons. The first kappa shape index (κ1) is 10.7. The highest BCUT2D eigenvalue weighted by molar-refractivity contribution is 5.28. The van der Waals surface area contributed by atoms with Gasteiger partial charge in [0.15, 0.2) is 0 Å². The van der Waals surface area contributed by atoms with Gasteiger partial charge in [-0.15, -0.1) is 0 Å². The van der Waals surface area contributed by atoms with E-state index >= 15 is 0 Å². The van der Waals surface area contributed by atoms with E-state index in [1.165, 1.54) is 17.5 Å². The molecule has 3 N–H and O–H groups in total. The number of hydrogen-bond acceptors (Lipinski definition) is 2. The molecule has 2 unspecified atom stereocenters. The Kier molecular flexibility index (Phi) is 3.39. The quantitative estimate of drug-likeness (QED) is 0.790. The molecular weight excluding hydrogens is 184 g/mol. The summed E-state index contributed by atoms with van der Waals surface area (Å²) in [5, 5.41) is 3.39. The monoisotopic (exact) mass is 204 g/mol. The maximum Gasteiger partial charge on any atom is 0.0300 e. The molecule has 0 amide bonds. The summed E-state index contributed by atoms with van der Waals surface area (Å²) in [6.45, 7) is 4.44. The number of benzene rings is 1. The van der Waals surface area contributed by atoms with Crippen LogP contribution < -0.4 is 11.1 Å². The zero-order valence-electron chi connectivity index (χ0n) is 9.37. The van der Waals surface area contributed by atoms with Gasteiger partial charge >= 0.3 is 0 Å². The van der Waals surface area contributed by atoms with Gasteiger partial charge in [0.05, 0.1) is 0 Å². The highest BCUT2D eigenvalue weighted by atomic mass is 14.9. The number of rotatable bonds is 3. The highest BCUT2D eigenvalue weighted by Crippen LogP contribution is 2.24. The fraction of sp³-hybridized carbons (Fsp3) is 0.538. The van der Waals surface area contributed by atoms with E-state index in [1.807, 2.05) is 0 Å². The molecule has 2 heteroatoms. The van der Waals surface area contributed by atoms with E-state index in [-0.39, 0.29) is 6.04 Å². The summed E-state index contributed by atoms with van der Waals surface area (Å²) in [5.74, 6) is 0.764. The second kappa shape index (κ2) is 4.77. The Labute approximate surface area is 91.9 Å². The smallest absolute Gasteiger partial charge is 0.0300 e. The summed E-state index contributed by atoms with van der Waals surface area (Å²) in [6, 6.07) is 8.65. The van der Waals surface area contributed by atoms with Gasteiger partial charge in [0, 0.05) is 6.04 Å². The summed E-state index contributed by atoms with van der Waals surface area (Å²) in [6.07, 6.45) is 2.39. The molecular formula is C13H20N2. The maximum atomic E-state index is 6.25. The molecule has 82 valence electrons. The first-order valence-corrected chi connectivity index (χ1v) is 5.79. The zero-order valence-corrected chi connectivity index (χ0v) is 9.37. The van der Waals surface area contributed by atoms with Crippen LogP contribution in [-0.4, -0.2) is 13.1 Å². The van der Waals surface area contributed by atoms with E-state index in [0.29, 0.717) is 0 Å². The normalized spacial score (nSPS) is 22.9. The molecule has 0 spiro atoms. The average Bonchev–Trinajstić information content (AvgIpc) is 2.71. The molecule has 1 aromatic rings. The first-order valence-electron chi connectivity index (χ1n) is 5.79. The van der Waals surface area contributed by atoms with Crippen molar-refractivity contribution in [3.63, 3.8) is 0 Å². The fourth-order valence-electron chi connectivity index (χ4n) is 2.40. The molecule has 1 heterocycles. The Bertz CT molecular complexity index is 316. The van der Waals surface area contributed by atoms with Crippen LogP contribution in [0.3, 0.4) is 0 Å². The lowest BCUT2D eigenvalue weighted by atomic mass is 9.92. The van der Waals surface area contributed by atoms with Gasteiger partial charge in [-0.2, -0.15) is 0 Å². The standard InChI is InChI=1S/C13H20N2/c1-10-4-2-3-5-12(10)13(14)8-11-6-7-15-9-11/h2-5,11,13,15H,6-9,14H2,1H3. The van der Waals surface area contributed by atoms with Gasteiger partial charge in [-0.3, -0.25) is 0 Å². The van der Waals surface area contributed by atoms with Crippen molar-refractivity contribution in [2.75, 3.05) is 13.1 Å². The van der Waals surface area contributed by atoms with Gasteiger partial charge in [-0.05, 0) is 49.9 Å². The molecule has 0 saturated carbocycles. The predicted octanol–water partition coefficient (Wildman–Crippen LogP) is 1.99. The molecule has 1 aliphatic heterocycles. The van der Waals surface area contributed by atoms with Crippen molar-refractivity contribution in [2.24, 2.45) is 11.7 Å². The van der Waals surface area contributed by atoms with Crippen LogP contribution in [-0.2, 0) is 0 Å². The van der Waals surface area contributed by atoms with E-state index < -0.39 is 0 Å². The lowest BCUT2D eigenvalue weighted by Crippen LogP contribution is -2.18. The van der Waals surface area contributed by atoms with Gasteiger partial charge in [0.25, 0.3) is 0 Å². The van der Waals surface area contributed by atoms with E-state index in [2.05, 4.69) is 36.5 Å². The zero-order chi connectivity index (χ0) is 10.7. The van der Waals surface area contributed by atoms with Crippen molar-refractivity contribution < 1.29 is 0 Å². The van der Waals surface area contributed by atoms with Crippen molar-refractivity contribution in [1.82, 2.24) is 5.32 Å². The number of nitrogens with two attached hydrogens (primary N) is 1. The van der Waals surface area contributed by atoms with Gasteiger partial charge in [-0.25, -0.2) is 0 Å². The Morgan fingerprint density at radius 3 is 2.93 bits per heavy atom. The van der Waals surface area contributed by atoms with Crippen molar-refractivity contribution in [3.8, 4) is 0 Å². The van der Waals surface area contributed by atoms with Crippen LogP contribution in [0.4, 0.5) is 0 Å². The molecule has 0 aliphatic carbocycles. The minimum absolute atomic E-state index is 0.205. The number of nitrogens with one attached hydrogen (secondary N) is 1. The predicted molar refractivity (Wildman–Crippen MR) is 63.7 cm³/mol. The van der Waals surface area contributed by atoms with Crippen molar-refractivity contribution in [2.45, 2.75) is 25.8 Å². The third kappa shape index (κ3) is 2.58. The summed E-state index contributed by atoms with van der Waals surface area (Å²) < 4.78 is 0. The minimum Gasteiger partial charge on any atom is -0.324 e. The summed E-state index contributed by atoms with van der Waals surface area (Å²) in [5.41, 5.74) is 8.87. The molecule has 0 aromatic heterocycles. The molecule has 1 aromatic carbocycles. The lowest BCUT2D eigenvalue weighted by molar-refractivity contribution is 0.472. The van der Waals surface area contributed by atoms with Crippen LogP contribution in [0.25, 0.3) is 0 Å². The first-order chi connectivity index (χ1) is 7.27. The molecule has 1 fully saturated rings. The van der Waals surface area contributed by atoms with Gasteiger partial charge < -0.3 is 11.1 Å². The summed E-state index contributed by atoms with van der Waals surface area (Å²) in [4.78, 5) is 0.